The van der Waals surface area contributed by atoms with Gasteiger partial charge in [0.05, 0.1) is 16.0 Å². The van der Waals surface area contributed by atoms with Crippen molar-refractivity contribution in [2.75, 3.05) is 11.1 Å². The molecule has 1 aromatic heterocycles. The Kier molecular flexibility index (Phi) is 4.59. The molecule has 0 saturated heterocycles. The summed E-state index contributed by atoms with van der Waals surface area (Å²) < 4.78 is 2.00. The number of urea groups is 1. The Bertz CT molecular complexity index is 826. The fourth-order valence-electron chi connectivity index (χ4n) is 2.01. The van der Waals surface area contributed by atoms with E-state index in [1.54, 1.807) is 35.6 Å². The van der Waals surface area contributed by atoms with Gasteiger partial charge in [0, 0.05) is 11.3 Å². The number of thioether (sulfide) groups is 1. The minimum absolute atomic E-state index is 0.0138. The molecule has 7 heteroatoms. The number of thiazole rings is 1. The van der Waals surface area contributed by atoms with E-state index in [4.69, 9.17) is 5.73 Å². The number of carbonyl (C=O) groups excluding carboxylic acids is 2. The third-order valence-corrected chi connectivity index (χ3v) is 5.25. The van der Waals surface area contributed by atoms with E-state index in [0.29, 0.717) is 17.0 Å². The SMILES string of the molecule is NC(=O)Nc1ccc(C(=O)CSc2nc3ccccc3s2)cc1. The van der Waals surface area contributed by atoms with E-state index < -0.39 is 6.03 Å². The van der Waals surface area contributed by atoms with Crippen LogP contribution in [0.2, 0.25) is 0 Å². The summed E-state index contributed by atoms with van der Waals surface area (Å²) in [6, 6.07) is 13.9. The zero-order valence-corrected chi connectivity index (χ0v) is 13.6. The second kappa shape index (κ2) is 6.80. The standard InChI is InChI=1S/C16H13N3O2S2/c17-15(21)18-11-7-5-10(6-8-11)13(20)9-22-16-19-12-3-1-2-4-14(12)23-16/h1-8H,9H2,(H3,17,18,21). The number of rotatable bonds is 5. The van der Waals surface area contributed by atoms with Gasteiger partial charge in [0.25, 0.3) is 0 Å². The number of para-hydroxylation sites is 1. The zero-order chi connectivity index (χ0) is 16.2. The molecular formula is C16H13N3O2S2. The first-order chi connectivity index (χ1) is 11.1. The maximum absolute atomic E-state index is 12.2. The van der Waals surface area contributed by atoms with Crippen molar-refractivity contribution < 1.29 is 9.59 Å². The van der Waals surface area contributed by atoms with E-state index in [9.17, 15) is 9.59 Å². The number of nitrogens with zero attached hydrogens (tertiary/aromatic N) is 1. The molecule has 1 heterocycles. The number of hydrogen-bond donors (Lipinski definition) is 2. The lowest BCUT2D eigenvalue weighted by Crippen LogP contribution is -2.19. The topological polar surface area (TPSA) is 85.1 Å². The van der Waals surface area contributed by atoms with E-state index in [0.717, 1.165) is 14.6 Å². The Hall–Kier alpha value is -2.38. The fourth-order valence-corrected chi connectivity index (χ4v) is 3.97. The summed E-state index contributed by atoms with van der Waals surface area (Å²) in [6.45, 7) is 0. The Morgan fingerprint density at radius 2 is 1.87 bits per heavy atom. The molecule has 0 unspecified atom stereocenters. The number of aromatic nitrogens is 1. The van der Waals surface area contributed by atoms with Crippen LogP contribution in [0.3, 0.4) is 0 Å². The summed E-state index contributed by atoms with van der Waals surface area (Å²) >= 11 is 3.01. The zero-order valence-electron chi connectivity index (χ0n) is 12.0. The number of anilines is 1. The predicted octanol–water partition coefficient (Wildman–Crippen LogP) is 3.76. The van der Waals surface area contributed by atoms with Gasteiger partial charge < -0.3 is 11.1 Å². The van der Waals surface area contributed by atoms with Crippen molar-refractivity contribution in [3.8, 4) is 0 Å². The van der Waals surface area contributed by atoms with Crippen LogP contribution in [-0.2, 0) is 0 Å². The quantitative estimate of drug-likeness (QED) is 0.545. The number of nitrogens with one attached hydrogen (secondary N) is 1. The number of amides is 2. The van der Waals surface area contributed by atoms with Crippen LogP contribution >= 0.6 is 23.1 Å². The molecule has 0 aliphatic heterocycles. The molecule has 116 valence electrons. The number of carbonyl (C=O) groups is 2. The Balaban J connectivity index is 1.63. The number of ketones is 1. The van der Waals surface area contributed by atoms with Crippen LogP contribution in [-0.4, -0.2) is 22.6 Å². The highest BCUT2D eigenvalue weighted by Gasteiger charge is 2.10. The maximum Gasteiger partial charge on any atom is 0.316 e. The lowest BCUT2D eigenvalue weighted by atomic mass is 10.1. The second-order valence-electron chi connectivity index (χ2n) is 4.73. The molecule has 23 heavy (non-hydrogen) atoms. The maximum atomic E-state index is 12.2. The van der Waals surface area contributed by atoms with Crippen molar-refractivity contribution >= 4 is 50.8 Å². The Labute approximate surface area is 140 Å². The van der Waals surface area contributed by atoms with Crippen LogP contribution in [0.4, 0.5) is 10.5 Å². The second-order valence-corrected chi connectivity index (χ2v) is 6.98. The van der Waals surface area contributed by atoms with E-state index in [-0.39, 0.29) is 5.78 Å². The van der Waals surface area contributed by atoms with E-state index >= 15 is 0 Å². The van der Waals surface area contributed by atoms with Gasteiger partial charge >= 0.3 is 6.03 Å². The first kappa shape index (κ1) is 15.5. The summed E-state index contributed by atoms with van der Waals surface area (Å²) in [5, 5.41) is 2.46. The summed E-state index contributed by atoms with van der Waals surface area (Å²) in [5.41, 5.74) is 7.15. The summed E-state index contributed by atoms with van der Waals surface area (Å²) in [7, 11) is 0. The molecule has 0 aliphatic rings. The van der Waals surface area contributed by atoms with Crippen LogP contribution in [0.15, 0.2) is 52.9 Å². The summed E-state index contributed by atoms with van der Waals surface area (Å²) in [4.78, 5) is 27.5. The number of fused-ring (bicyclic) bond motifs is 1. The molecule has 3 N–H and O–H groups in total. The van der Waals surface area contributed by atoms with Gasteiger partial charge in [-0.1, -0.05) is 23.9 Å². The van der Waals surface area contributed by atoms with Crippen LogP contribution < -0.4 is 11.1 Å². The third-order valence-electron chi connectivity index (χ3n) is 3.08. The number of nitrogens with two attached hydrogens (primary N) is 1. The molecule has 0 fully saturated rings. The Morgan fingerprint density at radius 1 is 1.13 bits per heavy atom. The highest BCUT2D eigenvalue weighted by atomic mass is 32.2. The van der Waals surface area contributed by atoms with E-state index in [1.165, 1.54) is 11.8 Å². The summed E-state index contributed by atoms with van der Waals surface area (Å²) in [5.74, 6) is 0.336. The largest absolute Gasteiger partial charge is 0.351 e. The minimum atomic E-state index is -0.629. The molecular weight excluding hydrogens is 330 g/mol. The highest BCUT2D eigenvalue weighted by Crippen LogP contribution is 2.29. The van der Waals surface area contributed by atoms with Gasteiger partial charge in [0.15, 0.2) is 10.1 Å². The van der Waals surface area contributed by atoms with Crippen molar-refractivity contribution in [3.63, 3.8) is 0 Å². The van der Waals surface area contributed by atoms with Crippen molar-refractivity contribution in [1.82, 2.24) is 4.98 Å². The fraction of sp³-hybridized carbons (Fsp3) is 0.0625. The molecule has 3 rings (SSSR count). The average molecular weight is 343 g/mol. The van der Waals surface area contributed by atoms with Gasteiger partial charge in [0.2, 0.25) is 0 Å². The number of Topliss-reactive ketones (excluding diaryl/α,β-unsaturated/α-hetero) is 1. The molecule has 0 radical (unpaired) electrons. The first-order valence-electron chi connectivity index (χ1n) is 6.80. The molecule has 2 amide bonds. The monoisotopic (exact) mass is 343 g/mol. The summed E-state index contributed by atoms with van der Waals surface area (Å²) in [6.07, 6.45) is 0. The molecule has 0 bridgehead atoms. The molecule has 5 nitrogen and oxygen atoms in total. The van der Waals surface area contributed by atoms with Crippen LogP contribution in [0.1, 0.15) is 10.4 Å². The first-order valence-corrected chi connectivity index (χ1v) is 8.60. The minimum Gasteiger partial charge on any atom is -0.351 e. The smallest absolute Gasteiger partial charge is 0.316 e. The van der Waals surface area contributed by atoms with Crippen LogP contribution in [0, 0.1) is 0 Å². The lowest BCUT2D eigenvalue weighted by Gasteiger charge is -2.03. The molecule has 0 aliphatic carbocycles. The number of primary amides is 1. The molecule has 0 atom stereocenters. The van der Waals surface area contributed by atoms with Gasteiger partial charge in [-0.05, 0) is 36.4 Å². The van der Waals surface area contributed by atoms with Crippen LogP contribution in [0.5, 0.6) is 0 Å². The van der Waals surface area contributed by atoms with Crippen molar-refractivity contribution in [2.24, 2.45) is 5.73 Å². The van der Waals surface area contributed by atoms with Gasteiger partial charge in [0.1, 0.15) is 0 Å². The lowest BCUT2D eigenvalue weighted by molar-refractivity contribution is 0.102. The van der Waals surface area contributed by atoms with Gasteiger partial charge in [-0.25, -0.2) is 9.78 Å². The van der Waals surface area contributed by atoms with Gasteiger partial charge in [-0.3, -0.25) is 4.79 Å². The predicted molar refractivity (Wildman–Crippen MR) is 94.3 cm³/mol. The van der Waals surface area contributed by atoms with E-state index in [2.05, 4.69) is 10.3 Å². The van der Waals surface area contributed by atoms with Gasteiger partial charge in [-0.2, -0.15) is 0 Å². The number of benzene rings is 2. The molecule has 0 saturated carbocycles. The molecule has 2 aromatic carbocycles. The normalized spacial score (nSPS) is 10.6. The highest BCUT2D eigenvalue weighted by molar-refractivity contribution is 8.01. The molecule has 0 spiro atoms. The van der Waals surface area contributed by atoms with E-state index in [1.807, 2.05) is 24.3 Å². The van der Waals surface area contributed by atoms with Crippen molar-refractivity contribution in [3.05, 3.63) is 54.1 Å². The average Bonchev–Trinajstić information content (AvgIpc) is 2.95. The van der Waals surface area contributed by atoms with Crippen LogP contribution in [0.25, 0.3) is 10.2 Å². The molecule has 3 aromatic rings. The van der Waals surface area contributed by atoms with Gasteiger partial charge in [-0.15, -0.1) is 11.3 Å². The Morgan fingerprint density at radius 3 is 2.57 bits per heavy atom. The number of hydrogen-bond acceptors (Lipinski definition) is 5. The third kappa shape index (κ3) is 3.88. The van der Waals surface area contributed by atoms with Crippen molar-refractivity contribution in [2.45, 2.75) is 4.34 Å². The van der Waals surface area contributed by atoms with Crippen molar-refractivity contribution in [1.29, 1.82) is 0 Å².